The van der Waals surface area contributed by atoms with Gasteiger partial charge in [-0.05, 0) is 75.4 Å². The summed E-state index contributed by atoms with van der Waals surface area (Å²) in [6.45, 7) is 7.51. The average molecular weight is 565 g/mol. The average Bonchev–Trinajstić information content (AvgIpc) is 3.44. The molecule has 1 aromatic heterocycles. The number of aryl methyl sites for hydroxylation is 1. The Morgan fingerprint density at radius 1 is 1.11 bits per heavy atom. The lowest BCUT2D eigenvalue weighted by Crippen LogP contribution is -2.36. The van der Waals surface area contributed by atoms with Gasteiger partial charge in [0.05, 0.1) is 16.8 Å². The normalized spacial score (nSPS) is 14.6. The maximum absolute atomic E-state index is 12.0. The number of carbonyl (C=O) groups excluding carboxylic acids is 1. The van der Waals surface area contributed by atoms with Crippen LogP contribution in [0.3, 0.4) is 0 Å². The van der Waals surface area contributed by atoms with Crippen LogP contribution >= 0.6 is 34.7 Å². The molecule has 1 unspecified atom stereocenters. The minimum Gasteiger partial charge on any atom is -0.480 e. The maximum Gasteiger partial charge on any atom is 0.326 e. The summed E-state index contributed by atoms with van der Waals surface area (Å²) in [5.41, 5.74) is 4.20. The van der Waals surface area contributed by atoms with Crippen LogP contribution in [-0.4, -0.2) is 29.9 Å². The van der Waals surface area contributed by atoms with Crippen molar-refractivity contribution < 1.29 is 19.3 Å². The van der Waals surface area contributed by atoms with E-state index in [-0.39, 0.29) is 0 Å². The minimum atomic E-state index is -0.929. The Kier molecular flexibility index (Phi) is 7.47. The molecule has 0 radical (unpaired) electrons. The van der Waals surface area contributed by atoms with Crippen molar-refractivity contribution in [2.75, 3.05) is 16.3 Å². The van der Waals surface area contributed by atoms with Crippen LogP contribution in [0.2, 0.25) is 5.02 Å². The van der Waals surface area contributed by atoms with Gasteiger partial charge >= 0.3 is 5.97 Å². The summed E-state index contributed by atoms with van der Waals surface area (Å²) >= 11 is 9.74. The first-order chi connectivity index (χ1) is 18.3. The van der Waals surface area contributed by atoms with Crippen molar-refractivity contribution in [1.29, 1.82) is 0 Å². The molecule has 194 valence electrons. The van der Waals surface area contributed by atoms with E-state index in [9.17, 15) is 14.7 Å². The number of rotatable bonds is 8. The highest BCUT2D eigenvalue weighted by atomic mass is 35.5. The van der Waals surface area contributed by atoms with E-state index in [1.807, 2.05) is 18.2 Å². The number of fused-ring (bicyclic) bond motifs is 2. The van der Waals surface area contributed by atoms with Crippen molar-refractivity contribution in [2.45, 2.75) is 38.3 Å². The fourth-order valence-corrected chi connectivity index (χ4v) is 7.23. The lowest BCUT2D eigenvalue weighted by atomic mass is 10.1. The molecule has 2 heterocycles. The molecule has 0 bridgehead atoms. The fraction of sp³-hybridized carbons (Fsp3) is 0.207. The summed E-state index contributed by atoms with van der Waals surface area (Å²) in [6.07, 6.45) is 3.01. The molecule has 0 saturated heterocycles. The molecular formula is C29H27ClN3O3S2+. The fourth-order valence-electron chi connectivity index (χ4n) is 4.71. The number of halogens is 1. The van der Waals surface area contributed by atoms with Gasteiger partial charge in [-0.3, -0.25) is 4.79 Å². The van der Waals surface area contributed by atoms with Gasteiger partial charge in [0.15, 0.2) is 0 Å². The number of aldehydes is 1. The molecule has 1 atom stereocenters. The van der Waals surface area contributed by atoms with Crippen LogP contribution in [0.5, 0.6) is 0 Å². The molecule has 9 heteroatoms. The minimum absolute atomic E-state index is 0.543. The molecule has 3 aromatic carbocycles. The number of carbonyl (C=O) groups is 2. The summed E-state index contributed by atoms with van der Waals surface area (Å²) < 4.78 is 3.38. The van der Waals surface area contributed by atoms with Crippen LogP contribution in [-0.2, 0) is 11.3 Å². The Hall–Kier alpha value is -3.33. The second kappa shape index (κ2) is 10.8. The molecular weight excluding hydrogens is 538 g/mol. The number of thioether (sulfide) groups is 1. The zero-order valence-corrected chi connectivity index (χ0v) is 23.6. The molecule has 0 saturated carbocycles. The van der Waals surface area contributed by atoms with Crippen molar-refractivity contribution >= 4 is 80.3 Å². The molecule has 6 nitrogen and oxygen atoms in total. The highest BCUT2D eigenvalue weighted by molar-refractivity contribution is 8.03. The van der Waals surface area contributed by atoms with E-state index < -0.39 is 12.0 Å². The van der Waals surface area contributed by atoms with E-state index in [0.29, 0.717) is 11.3 Å². The molecule has 1 aliphatic heterocycles. The van der Waals surface area contributed by atoms with Crippen molar-refractivity contribution in [1.82, 2.24) is 0 Å². The van der Waals surface area contributed by atoms with Crippen LogP contribution < -0.4 is 14.4 Å². The molecule has 38 heavy (non-hydrogen) atoms. The van der Waals surface area contributed by atoms with Crippen LogP contribution in [0.4, 0.5) is 17.1 Å². The van der Waals surface area contributed by atoms with Gasteiger partial charge in [0.1, 0.15) is 23.6 Å². The molecule has 1 aliphatic rings. The van der Waals surface area contributed by atoms with Gasteiger partial charge in [-0.25, -0.2) is 4.79 Å². The number of carboxylic acids is 1. The number of hydrogen-bond donors (Lipinski definition) is 1. The van der Waals surface area contributed by atoms with Crippen molar-refractivity contribution in [3.05, 3.63) is 81.3 Å². The third-order valence-electron chi connectivity index (χ3n) is 6.62. The second-order valence-electron chi connectivity index (χ2n) is 8.87. The number of thiazole rings is 1. The standard InChI is InChI=1S/C29H26ClN3O3S2/c1-4-31-23-14-20(30)8-12-25(23)37-27(31)16-28-32(5-2)24-15-22(11-13-26(24)38-28)33(18(3)29(35)36)21-9-6-19(17-34)7-10-21/h6-18H,4-5H2,1-3H3/p+1. The topological polar surface area (TPSA) is 64.7 Å². The summed E-state index contributed by atoms with van der Waals surface area (Å²) in [5.74, 6) is -0.929. The van der Waals surface area contributed by atoms with E-state index in [4.69, 9.17) is 11.6 Å². The Labute approximate surface area is 234 Å². The van der Waals surface area contributed by atoms with Crippen LogP contribution in [0.25, 0.3) is 16.3 Å². The largest absolute Gasteiger partial charge is 0.480 e. The molecule has 0 amide bonds. The van der Waals surface area contributed by atoms with Crippen molar-refractivity contribution in [2.24, 2.45) is 0 Å². The monoisotopic (exact) mass is 564 g/mol. The van der Waals surface area contributed by atoms with Gasteiger partial charge in [-0.1, -0.05) is 34.7 Å². The summed E-state index contributed by atoms with van der Waals surface area (Å²) in [5, 5.41) is 12.9. The smallest absolute Gasteiger partial charge is 0.326 e. The predicted molar refractivity (Wildman–Crippen MR) is 157 cm³/mol. The highest BCUT2D eigenvalue weighted by Crippen LogP contribution is 2.47. The number of nitrogens with zero attached hydrogens (tertiary/aromatic N) is 3. The van der Waals surface area contributed by atoms with E-state index in [1.165, 1.54) is 4.90 Å². The number of aliphatic carboxylic acids is 1. The van der Waals surface area contributed by atoms with Gasteiger partial charge in [0.25, 0.3) is 5.01 Å². The molecule has 0 aliphatic carbocycles. The Morgan fingerprint density at radius 2 is 1.84 bits per heavy atom. The van der Waals surface area contributed by atoms with Gasteiger partial charge in [0, 0.05) is 39.5 Å². The van der Waals surface area contributed by atoms with Crippen molar-refractivity contribution in [3.8, 4) is 0 Å². The molecule has 5 rings (SSSR count). The van der Waals surface area contributed by atoms with Gasteiger partial charge < -0.3 is 14.9 Å². The number of benzene rings is 3. The number of hydrogen-bond acceptors (Lipinski definition) is 6. The van der Waals surface area contributed by atoms with Crippen LogP contribution in [0.15, 0.2) is 70.6 Å². The quantitative estimate of drug-likeness (QED) is 0.180. The third kappa shape index (κ3) is 4.79. The lowest BCUT2D eigenvalue weighted by Gasteiger charge is -2.28. The summed E-state index contributed by atoms with van der Waals surface area (Å²) in [6, 6.07) is 18.2. The van der Waals surface area contributed by atoms with E-state index in [2.05, 4.69) is 47.6 Å². The molecule has 4 aromatic rings. The lowest BCUT2D eigenvalue weighted by molar-refractivity contribution is -0.665. The van der Waals surface area contributed by atoms with Crippen LogP contribution in [0, 0.1) is 0 Å². The van der Waals surface area contributed by atoms with E-state index >= 15 is 0 Å². The predicted octanol–water partition coefficient (Wildman–Crippen LogP) is 7.22. The zero-order valence-electron chi connectivity index (χ0n) is 21.2. The summed E-state index contributed by atoms with van der Waals surface area (Å²) in [7, 11) is 0. The number of anilines is 3. The van der Waals surface area contributed by atoms with Gasteiger partial charge in [-0.2, -0.15) is 4.57 Å². The highest BCUT2D eigenvalue weighted by Gasteiger charge is 2.28. The Bertz CT molecular complexity index is 1570. The molecule has 1 N–H and O–H groups in total. The maximum atomic E-state index is 12.0. The van der Waals surface area contributed by atoms with Gasteiger partial charge in [0.2, 0.25) is 5.52 Å². The first-order valence-electron chi connectivity index (χ1n) is 12.3. The van der Waals surface area contributed by atoms with E-state index in [0.717, 1.165) is 56.0 Å². The SMILES string of the molecule is CCN1/C(=C/c2sc3ccc(N(c4ccc(C=O)cc4)C(C)C(=O)O)cc3[n+]2CC)Sc2ccc(Cl)cc21. The summed E-state index contributed by atoms with van der Waals surface area (Å²) in [4.78, 5) is 28.4. The third-order valence-corrected chi connectivity index (χ3v) is 9.08. The second-order valence-corrected chi connectivity index (χ2v) is 11.4. The van der Waals surface area contributed by atoms with E-state index in [1.54, 1.807) is 59.2 Å². The first-order valence-corrected chi connectivity index (χ1v) is 14.4. The molecule has 0 spiro atoms. The first kappa shape index (κ1) is 26.3. The Morgan fingerprint density at radius 3 is 2.50 bits per heavy atom. The zero-order chi connectivity index (χ0) is 27.0. The Balaban J connectivity index is 1.58. The van der Waals surface area contributed by atoms with Crippen molar-refractivity contribution in [3.63, 3.8) is 0 Å². The molecule has 0 fully saturated rings. The van der Waals surface area contributed by atoms with Crippen LogP contribution in [0.1, 0.15) is 36.1 Å². The van der Waals surface area contributed by atoms with Gasteiger partial charge in [-0.15, -0.1) is 0 Å². The number of aromatic nitrogens is 1. The number of carboxylic acid groups (broad SMARTS) is 1.